The fourth-order valence-electron chi connectivity index (χ4n) is 2.98. The number of rotatable bonds is 6. The maximum absolute atomic E-state index is 13.0. The molecule has 1 N–H and O–H groups in total. The summed E-state index contributed by atoms with van der Waals surface area (Å²) in [6.07, 6.45) is -3.79. The highest BCUT2D eigenvalue weighted by atomic mass is 32.2. The SMILES string of the molecule is CC(C)c1ccccc1NC(=O)C(C)N(c1cccc(C(F)(F)F)c1)S(C)(=O)=O. The zero-order chi connectivity index (χ0) is 22.0. The lowest BCUT2D eigenvalue weighted by atomic mass is 10.0. The smallest absolute Gasteiger partial charge is 0.324 e. The number of carbonyl (C=O) groups excluding carboxylic acids is 1. The van der Waals surface area contributed by atoms with E-state index in [9.17, 15) is 26.4 Å². The van der Waals surface area contributed by atoms with Crippen molar-refractivity contribution in [2.75, 3.05) is 15.9 Å². The van der Waals surface area contributed by atoms with E-state index in [1.165, 1.54) is 13.0 Å². The number of benzene rings is 2. The minimum Gasteiger partial charge on any atom is -0.324 e. The Balaban J connectivity index is 2.41. The lowest BCUT2D eigenvalue weighted by Gasteiger charge is -2.29. The largest absolute Gasteiger partial charge is 0.416 e. The van der Waals surface area contributed by atoms with Gasteiger partial charge in [-0.15, -0.1) is 0 Å². The average molecular weight is 428 g/mol. The summed E-state index contributed by atoms with van der Waals surface area (Å²) in [4.78, 5) is 12.8. The van der Waals surface area contributed by atoms with Crippen LogP contribution in [0.3, 0.4) is 0 Å². The third-order valence-electron chi connectivity index (χ3n) is 4.36. The van der Waals surface area contributed by atoms with Crippen molar-refractivity contribution >= 4 is 27.3 Å². The third kappa shape index (κ3) is 5.50. The van der Waals surface area contributed by atoms with E-state index in [0.29, 0.717) is 16.1 Å². The van der Waals surface area contributed by atoms with Gasteiger partial charge in [0.15, 0.2) is 0 Å². The summed E-state index contributed by atoms with van der Waals surface area (Å²) < 4.78 is 64.5. The van der Waals surface area contributed by atoms with Crippen molar-refractivity contribution in [3.05, 3.63) is 59.7 Å². The molecule has 1 atom stereocenters. The molecule has 2 rings (SSSR count). The molecule has 0 spiro atoms. The fourth-order valence-corrected chi connectivity index (χ4v) is 4.15. The predicted molar refractivity (Wildman–Crippen MR) is 107 cm³/mol. The van der Waals surface area contributed by atoms with Crippen LogP contribution in [-0.2, 0) is 21.0 Å². The molecule has 0 radical (unpaired) electrons. The lowest BCUT2D eigenvalue weighted by molar-refractivity contribution is -0.137. The Hall–Kier alpha value is -2.55. The van der Waals surface area contributed by atoms with Crippen LogP contribution in [-0.4, -0.2) is 26.6 Å². The molecule has 0 saturated carbocycles. The van der Waals surface area contributed by atoms with Gasteiger partial charge in [0.2, 0.25) is 15.9 Å². The molecule has 0 aromatic heterocycles. The second kappa shape index (κ2) is 8.44. The van der Waals surface area contributed by atoms with E-state index in [1.54, 1.807) is 12.1 Å². The molecule has 0 heterocycles. The van der Waals surface area contributed by atoms with Gasteiger partial charge in [0, 0.05) is 5.69 Å². The van der Waals surface area contributed by atoms with Crippen molar-refractivity contribution in [1.29, 1.82) is 0 Å². The topological polar surface area (TPSA) is 66.5 Å². The second-order valence-corrected chi connectivity index (χ2v) is 8.87. The first-order chi connectivity index (χ1) is 13.3. The van der Waals surface area contributed by atoms with Gasteiger partial charge in [-0.1, -0.05) is 38.1 Å². The highest BCUT2D eigenvalue weighted by Gasteiger charge is 2.34. The Labute approximate surface area is 168 Å². The van der Waals surface area contributed by atoms with E-state index < -0.39 is 33.7 Å². The highest BCUT2D eigenvalue weighted by Crippen LogP contribution is 2.33. The number of halogens is 3. The molecule has 9 heteroatoms. The number of anilines is 2. The number of para-hydroxylation sites is 1. The Morgan fingerprint density at radius 1 is 1.03 bits per heavy atom. The number of nitrogens with zero attached hydrogens (tertiary/aromatic N) is 1. The van der Waals surface area contributed by atoms with E-state index >= 15 is 0 Å². The molecule has 0 fully saturated rings. The van der Waals surface area contributed by atoms with Crippen molar-refractivity contribution in [2.45, 2.75) is 38.9 Å². The molecule has 2 aromatic carbocycles. The molecule has 1 amide bonds. The van der Waals surface area contributed by atoms with Crippen LogP contribution in [0.4, 0.5) is 24.5 Å². The molecule has 29 heavy (non-hydrogen) atoms. The van der Waals surface area contributed by atoms with Gasteiger partial charge in [0.05, 0.1) is 17.5 Å². The standard InChI is InChI=1S/C20H23F3N2O3S/c1-13(2)17-10-5-6-11-18(17)24-19(26)14(3)25(29(4,27)28)16-9-7-8-15(12-16)20(21,22)23/h5-14H,1-4H3,(H,24,26). The molecule has 0 saturated heterocycles. The minimum absolute atomic E-state index is 0.108. The zero-order valence-corrected chi connectivity index (χ0v) is 17.3. The van der Waals surface area contributed by atoms with Gasteiger partial charge in [-0.05, 0) is 42.7 Å². The lowest BCUT2D eigenvalue weighted by Crippen LogP contribution is -2.45. The van der Waals surface area contributed by atoms with Gasteiger partial charge in [0.25, 0.3) is 0 Å². The second-order valence-electron chi connectivity index (χ2n) is 7.01. The van der Waals surface area contributed by atoms with E-state index in [0.717, 1.165) is 24.0 Å². The van der Waals surface area contributed by atoms with Crippen LogP contribution in [0.1, 0.15) is 37.8 Å². The summed E-state index contributed by atoms with van der Waals surface area (Å²) in [5.41, 5.74) is 0.151. The van der Waals surface area contributed by atoms with Crippen molar-refractivity contribution < 1.29 is 26.4 Å². The Kier molecular flexibility index (Phi) is 6.62. The zero-order valence-electron chi connectivity index (χ0n) is 16.5. The maximum Gasteiger partial charge on any atom is 0.416 e. The molecule has 0 aliphatic carbocycles. The number of sulfonamides is 1. The van der Waals surface area contributed by atoms with Crippen LogP contribution in [0, 0.1) is 0 Å². The first-order valence-corrected chi connectivity index (χ1v) is 10.7. The van der Waals surface area contributed by atoms with Crippen LogP contribution in [0.15, 0.2) is 48.5 Å². The van der Waals surface area contributed by atoms with Crippen molar-refractivity contribution in [2.24, 2.45) is 0 Å². The normalized spacial score (nSPS) is 13.2. The molecule has 0 aliphatic rings. The van der Waals surface area contributed by atoms with E-state index in [2.05, 4.69) is 5.32 Å². The summed E-state index contributed by atoms with van der Waals surface area (Å²) >= 11 is 0. The average Bonchev–Trinajstić information content (AvgIpc) is 2.60. The van der Waals surface area contributed by atoms with Crippen molar-refractivity contribution in [1.82, 2.24) is 0 Å². The van der Waals surface area contributed by atoms with Gasteiger partial charge in [-0.3, -0.25) is 9.10 Å². The Bertz CT molecular complexity index is 988. The van der Waals surface area contributed by atoms with Crippen LogP contribution < -0.4 is 9.62 Å². The summed E-state index contributed by atoms with van der Waals surface area (Å²) in [5.74, 6) is -0.544. The van der Waals surface area contributed by atoms with Gasteiger partial charge in [-0.2, -0.15) is 13.2 Å². The Morgan fingerprint density at radius 3 is 2.21 bits per heavy atom. The van der Waals surface area contributed by atoms with Crippen LogP contribution in [0.25, 0.3) is 0 Å². The van der Waals surface area contributed by atoms with E-state index in [-0.39, 0.29) is 11.6 Å². The number of alkyl halides is 3. The van der Waals surface area contributed by atoms with Crippen LogP contribution >= 0.6 is 0 Å². The molecular weight excluding hydrogens is 405 g/mol. The van der Waals surface area contributed by atoms with Crippen molar-refractivity contribution in [3.8, 4) is 0 Å². The monoisotopic (exact) mass is 428 g/mol. The molecule has 2 aromatic rings. The van der Waals surface area contributed by atoms with Gasteiger partial charge < -0.3 is 5.32 Å². The molecule has 1 unspecified atom stereocenters. The van der Waals surface area contributed by atoms with E-state index in [4.69, 9.17) is 0 Å². The first kappa shape index (κ1) is 22.7. The predicted octanol–water partition coefficient (Wildman–Crippen LogP) is 4.62. The maximum atomic E-state index is 13.0. The van der Waals surface area contributed by atoms with Gasteiger partial charge in [-0.25, -0.2) is 8.42 Å². The highest BCUT2D eigenvalue weighted by molar-refractivity contribution is 7.92. The minimum atomic E-state index is -4.64. The number of carbonyl (C=O) groups is 1. The molecule has 158 valence electrons. The summed E-state index contributed by atoms with van der Waals surface area (Å²) in [5, 5.41) is 2.69. The van der Waals surface area contributed by atoms with Gasteiger partial charge in [0.1, 0.15) is 6.04 Å². The fraction of sp³-hybridized carbons (Fsp3) is 0.350. The quantitative estimate of drug-likeness (QED) is 0.730. The summed E-state index contributed by atoms with van der Waals surface area (Å²) in [6.45, 7) is 5.22. The molecule has 5 nitrogen and oxygen atoms in total. The van der Waals surface area contributed by atoms with Gasteiger partial charge >= 0.3 is 6.18 Å². The van der Waals surface area contributed by atoms with Crippen LogP contribution in [0.2, 0.25) is 0 Å². The molecular formula is C20H23F3N2O3S. The molecule has 0 aliphatic heterocycles. The number of hydrogen-bond acceptors (Lipinski definition) is 3. The summed E-state index contributed by atoms with van der Waals surface area (Å²) in [7, 11) is -4.04. The molecule has 0 bridgehead atoms. The number of nitrogens with one attached hydrogen (secondary N) is 1. The number of amides is 1. The number of hydrogen-bond donors (Lipinski definition) is 1. The van der Waals surface area contributed by atoms with Crippen LogP contribution in [0.5, 0.6) is 0 Å². The third-order valence-corrected chi connectivity index (χ3v) is 5.60. The first-order valence-electron chi connectivity index (χ1n) is 8.89. The Morgan fingerprint density at radius 2 is 1.66 bits per heavy atom. The summed E-state index contributed by atoms with van der Waals surface area (Å²) in [6, 6.07) is 9.69. The van der Waals surface area contributed by atoms with Crippen molar-refractivity contribution in [3.63, 3.8) is 0 Å². The van der Waals surface area contributed by atoms with E-state index in [1.807, 2.05) is 26.0 Å².